The number of allylic oxidation sites excluding steroid dienone is 1. The zero-order valence-electron chi connectivity index (χ0n) is 8.37. The van der Waals surface area contributed by atoms with Crippen molar-refractivity contribution in [2.24, 2.45) is 0 Å². The number of hydrogen-bond donors (Lipinski definition) is 0. The van der Waals surface area contributed by atoms with E-state index in [4.69, 9.17) is 11.6 Å². The highest BCUT2D eigenvalue weighted by Gasteiger charge is 1.93. The van der Waals surface area contributed by atoms with Gasteiger partial charge in [-0.25, -0.2) is 0 Å². The Balaban J connectivity index is 2.34. The monoisotopic (exact) mass is 226 g/mol. The summed E-state index contributed by atoms with van der Waals surface area (Å²) in [5, 5.41) is 0. The molecule has 1 aromatic carbocycles. The predicted octanol–water partition coefficient (Wildman–Crippen LogP) is 4.35. The van der Waals surface area contributed by atoms with Crippen molar-refractivity contribution >= 4 is 23.4 Å². The van der Waals surface area contributed by atoms with E-state index in [1.54, 1.807) is 0 Å². The van der Waals surface area contributed by atoms with Gasteiger partial charge in [0, 0.05) is 16.5 Å². The zero-order chi connectivity index (χ0) is 10.2. The summed E-state index contributed by atoms with van der Waals surface area (Å²) in [5.41, 5.74) is 1.40. The highest BCUT2D eigenvalue weighted by atomic mass is 35.5. The second-order valence-corrected chi connectivity index (χ2v) is 4.56. The van der Waals surface area contributed by atoms with Crippen molar-refractivity contribution in [3.05, 3.63) is 42.0 Å². The predicted molar refractivity (Wildman–Crippen MR) is 66.3 cm³/mol. The summed E-state index contributed by atoms with van der Waals surface area (Å²) >= 11 is 7.48. The average molecular weight is 227 g/mol. The van der Waals surface area contributed by atoms with Crippen molar-refractivity contribution in [1.82, 2.24) is 0 Å². The highest BCUT2D eigenvalue weighted by Crippen LogP contribution is 2.19. The lowest BCUT2D eigenvalue weighted by Crippen LogP contribution is -1.82. The van der Waals surface area contributed by atoms with Crippen LogP contribution in [-0.2, 0) is 0 Å². The molecule has 0 heterocycles. The summed E-state index contributed by atoms with van der Waals surface area (Å²) in [6, 6.07) is 10.5. The van der Waals surface area contributed by atoms with Crippen molar-refractivity contribution in [1.29, 1.82) is 0 Å². The third kappa shape index (κ3) is 4.73. The first-order chi connectivity index (χ1) is 6.83. The van der Waals surface area contributed by atoms with Crippen LogP contribution < -0.4 is 0 Å². The summed E-state index contributed by atoms with van der Waals surface area (Å²) in [6.45, 7) is 2.16. The molecule has 0 saturated heterocycles. The molecule has 0 aromatic heterocycles. The lowest BCUT2D eigenvalue weighted by atomic mass is 10.3. The van der Waals surface area contributed by atoms with Crippen LogP contribution in [0.2, 0.25) is 0 Å². The lowest BCUT2D eigenvalue weighted by Gasteiger charge is -2.01. The fourth-order valence-electron chi connectivity index (χ4n) is 1.07. The molecule has 0 atom stereocenters. The molecule has 76 valence electrons. The van der Waals surface area contributed by atoms with Crippen molar-refractivity contribution in [2.45, 2.75) is 18.2 Å². The SMILES string of the molecule is C/C(=C\CCCl)CSc1ccccc1. The number of hydrogen-bond acceptors (Lipinski definition) is 1. The fraction of sp³-hybridized carbons (Fsp3) is 0.333. The first-order valence-corrected chi connectivity index (χ1v) is 6.24. The highest BCUT2D eigenvalue weighted by molar-refractivity contribution is 7.99. The second-order valence-electron chi connectivity index (χ2n) is 3.13. The third-order valence-corrected chi connectivity index (χ3v) is 3.24. The quantitative estimate of drug-likeness (QED) is 0.409. The van der Waals surface area contributed by atoms with Crippen LogP contribution in [0.4, 0.5) is 0 Å². The van der Waals surface area contributed by atoms with Crippen molar-refractivity contribution in [3.8, 4) is 0 Å². The van der Waals surface area contributed by atoms with Gasteiger partial charge in [-0.1, -0.05) is 29.8 Å². The topological polar surface area (TPSA) is 0 Å². The summed E-state index contributed by atoms with van der Waals surface area (Å²) in [5.74, 6) is 1.77. The Morgan fingerprint density at radius 2 is 2.07 bits per heavy atom. The second kappa shape index (κ2) is 6.97. The molecule has 0 nitrogen and oxygen atoms in total. The van der Waals surface area contributed by atoms with E-state index >= 15 is 0 Å². The van der Waals surface area contributed by atoms with Gasteiger partial charge in [0.1, 0.15) is 0 Å². The van der Waals surface area contributed by atoms with Gasteiger partial charge in [-0.2, -0.15) is 0 Å². The minimum absolute atomic E-state index is 0.716. The van der Waals surface area contributed by atoms with Gasteiger partial charge in [0.15, 0.2) is 0 Å². The Kier molecular flexibility index (Phi) is 5.81. The molecule has 0 bridgehead atoms. The molecule has 1 rings (SSSR count). The summed E-state index contributed by atoms with van der Waals surface area (Å²) in [7, 11) is 0. The van der Waals surface area contributed by atoms with Gasteiger partial charge < -0.3 is 0 Å². The summed E-state index contributed by atoms with van der Waals surface area (Å²) in [4.78, 5) is 1.33. The normalized spacial score (nSPS) is 11.7. The van der Waals surface area contributed by atoms with Gasteiger partial charge in [-0.3, -0.25) is 0 Å². The van der Waals surface area contributed by atoms with Gasteiger partial charge in [0.2, 0.25) is 0 Å². The van der Waals surface area contributed by atoms with E-state index in [-0.39, 0.29) is 0 Å². The number of thioether (sulfide) groups is 1. The van der Waals surface area contributed by atoms with E-state index in [2.05, 4.69) is 37.3 Å². The Labute approximate surface area is 95.4 Å². The fourth-order valence-corrected chi connectivity index (χ4v) is 2.04. The van der Waals surface area contributed by atoms with E-state index in [1.165, 1.54) is 10.5 Å². The van der Waals surface area contributed by atoms with Crippen molar-refractivity contribution in [2.75, 3.05) is 11.6 Å². The van der Waals surface area contributed by atoms with Crippen LogP contribution in [0.1, 0.15) is 13.3 Å². The molecule has 14 heavy (non-hydrogen) atoms. The maximum atomic E-state index is 5.61. The largest absolute Gasteiger partial charge is 0.126 e. The molecular formula is C12H15ClS. The van der Waals surface area contributed by atoms with E-state index in [1.807, 2.05) is 17.8 Å². The summed E-state index contributed by atoms with van der Waals surface area (Å²) in [6.07, 6.45) is 3.19. The van der Waals surface area contributed by atoms with E-state index in [0.29, 0.717) is 5.88 Å². The minimum atomic E-state index is 0.716. The molecule has 0 radical (unpaired) electrons. The van der Waals surface area contributed by atoms with E-state index in [9.17, 15) is 0 Å². The maximum Gasteiger partial charge on any atom is 0.0258 e. The Hall–Kier alpha value is -0.400. The molecule has 0 N–H and O–H groups in total. The third-order valence-electron chi connectivity index (χ3n) is 1.81. The molecule has 2 heteroatoms. The standard InChI is InChI=1S/C12H15ClS/c1-11(6-5-9-13)10-14-12-7-3-2-4-8-12/h2-4,6-8H,5,9-10H2,1H3/b11-6+. The number of benzene rings is 1. The number of rotatable bonds is 5. The molecule has 0 aliphatic carbocycles. The minimum Gasteiger partial charge on any atom is -0.126 e. The van der Waals surface area contributed by atoms with Gasteiger partial charge in [0.05, 0.1) is 0 Å². The van der Waals surface area contributed by atoms with Gasteiger partial charge in [-0.15, -0.1) is 23.4 Å². The van der Waals surface area contributed by atoms with Crippen LogP contribution in [0.3, 0.4) is 0 Å². The number of alkyl halides is 1. The molecule has 0 spiro atoms. The molecule has 0 aliphatic heterocycles. The van der Waals surface area contributed by atoms with Gasteiger partial charge in [-0.05, 0) is 25.5 Å². The first-order valence-electron chi connectivity index (χ1n) is 4.72. The van der Waals surface area contributed by atoms with Crippen LogP contribution >= 0.6 is 23.4 Å². The average Bonchev–Trinajstić information content (AvgIpc) is 2.25. The number of halogens is 1. The molecule has 1 aromatic rings. The van der Waals surface area contributed by atoms with Crippen LogP contribution in [-0.4, -0.2) is 11.6 Å². The summed E-state index contributed by atoms with van der Waals surface area (Å²) < 4.78 is 0. The van der Waals surface area contributed by atoms with Gasteiger partial charge >= 0.3 is 0 Å². The smallest absolute Gasteiger partial charge is 0.0258 e. The Morgan fingerprint density at radius 3 is 2.71 bits per heavy atom. The molecule has 0 fully saturated rings. The van der Waals surface area contributed by atoms with Gasteiger partial charge in [0.25, 0.3) is 0 Å². The van der Waals surface area contributed by atoms with Crippen LogP contribution in [0.15, 0.2) is 46.9 Å². The Morgan fingerprint density at radius 1 is 1.36 bits per heavy atom. The van der Waals surface area contributed by atoms with E-state index in [0.717, 1.165) is 12.2 Å². The molecule has 0 unspecified atom stereocenters. The van der Waals surface area contributed by atoms with Crippen molar-refractivity contribution < 1.29 is 0 Å². The Bertz CT molecular complexity index is 280. The van der Waals surface area contributed by atoms with Crippen LogP contribution in [0.25, 0.3) is 0 Å². The van der Waals surface area contributed by atoms with Crippen molar-refractivity contribution in [3.63, 3.8) is 0 Å². The lowest BCUT2D eigenvalue weighted by molar-refractivity contribution is 1.19. The molecular weight excluding hydrogens is 212 g/mol. The van der Waals surface area contributed by atoms with E-state index < -0.39 is 0 Å². The maximum absolute atomic E-state index is 5.61. The van der Waals surface area contributed by atoms with Crippen LogP contribution in [0, 0.1) is 0 Å². The zero-order valence-corrected chi connectivity index (χ0v) is 9.94. The molecule has 0 aliphatic rings. The molecule has 0 amide bonds. The first kappa shape index (κ1) is 11.7. The molecule has 0 saturated carbocycles. The van der Waals surface area contributed by atoms with Crippen LogP contribution in [0.5, 0.6) is 0 Å².